The summed E-state index contributed by atoms with van der Waals surface area (Å²) in [6.45, 7) is 5.58. The van der Waals surface area contributed by atoms with Gasteiger partial charge >= 0.3 is 0 Å². The molecule has 0 atom stereocenters. The number of ether oxygens (including phenoxy) is 2. The summed E-state index contributed by atoms with van der Waals surface area (Å²) >= 11 is 5.81. The molecule has 0 amide bonds. The SMILES string of the molecule is CCOCCCNC(=NC)NCCOc1ccc(Cl)cc1. The zero-order valence-electron chi connectivity index (χ0n) is 12.7. The van der Waals surface area contributed by atoms with Crippen molar-refractivity contribution in [3.63, 3.8) is 0 Å². The molecule has 1 aromatic carbocycles. The number of nitrogens with zero attached hydrogens (tertiary/aromatic N) is 1. The fraction of sp³-hybridized carbons (Fsp3) is 0.533. The summed E-state index contributed by atoms with van der Waals surface area (Å²) < 4.78 is 10.9. The van der Waals surface area contributed by atoms with Crippen molar-refractivity contribution in [1.29, 1.82) is 0 Å². The Kier molecular flexibility index (Phi) is 9.40. The van der Waals surface area contributed by atoms with Crippen LogP contribution >= 0.6 is 11.6 Å². The second kappa shape index (κ2) is 11.2. The Balaban J connectivity index is 2.10. The van der Waals surface area contributed by atoms with Crippen molar-refractivity contribution in [2.24, 2.45) is 4.99 Å². The van der Waals surface area contributed by atoms with Gasteiger partial charge in [-0.05, 0) is 37.6 Å². The van der Waals surface area contributed by atoms with Gasteiger partial charge in [-0.15, -0.1) is 0 Å². The number of guanidine groups is 1. The summed E-state index contributed by atoms with van der Waals surface area (Å²) in [7, 11) is 1.75. The predicted octanol–water partition coefficient (Wildman–Crippen LogP) is 2.31. The highest BCUT2D eigenvalue weighted by atomic mass is 35.5. The van der Waals surface area contributed by atoms with Crippen LogP contribution in [0.2, 0.25) is 5.02 Å². The maximum atomic E-state index is 5.81. The molecule has 118 valence electrons. The number of nitrogens with one attached hydrogen (secondary N) is 2. The van der Waals surface area contributed by atoms with Gasteiger partial charge in [-0.25, -0.2) is 0 Å². The molecule has 2 N–H and O–H groups in total. The Morgan fingerprint density at radius 3 is 2.52 bits per heavy atom. The van der Waals surface area contributed by atoms with Crippen LogP contribution in [0.5, 0.6) is 5.75 Å². The van der Waals surface area contributed by atoms with E-state index in [0.29, 0.717) is 18.2 Å². The first kappa shape index (κ1) is 17.6. The third-order valence-corrected chi connectivity index (χ3v) is 2.91. The highest BCUT2D eigenvalue weighted by Gasteiger charge is 1.97. The summed E-state index contributed by atoms with van der Waals surface area (Å²) in [6.07, 6.45) is 0.954. The van der Waals surface area contributed by atoms with Crippen molar-refractivity contribution in [3.05, 3.63) is 29.3 Å². The summed E-state index contributed by atoms with van der Waals surface area (Å²) in [6, 6.07) is 7.32. The van der Waals surface area contributed by atoms with E-state index in [1.807, 2.05) is 31.2 Å². The normalized spacial score (nSPS) is 11.3. The minimum atomic E-state index is 0.557. The van der Waals surface area contributed by atoms with E-state index in [4.69, 9.17) is 21.1 Å². The Labute approximate surface area is 131 Å². The van der Waals surface area contributed by atoms with Gasteiger partial charge in [0.1, 0.15) is 12.4 Å². The lowest BCUT2D eigenvalue weighted by molar-refractivity contribution is 0.145. The van der Waals surface area contributed by atoms with Crippen LogP contribution in [0, 0.1) is 0 Å². The average molecular weight is 314 g/mol. The summed E-state index contributed by atoms with van der Waals surface area (Å²) in [4.78, 5) is 4.14. The number of hydrogen-bond acceptors (Lipinski definition) is 3. The molecule has 0 fully saturated rings. The van der Waals surface area contributed by atoms with E-state index in [-0.39, 0.29) is 0 Å². The topological polar surface area (TPSA) is 54.9 Å². The Bertz CT molecular complexity index is 410. The summed E-state index contributed by atoms with van der Waals surface area (Å²) in [5.74, 6) is 1.58. The van der Waals surface area contributed by atoms with E-state index in [2.05, 4.69) is 15.6 Å². The molecule has 0 unspecified atom stereocenters. The number of hydrogen-bond donors (Lipinski definition) is 2. The lowest BCUT2D eigenvalue weighted by Gasteiger charge is -2.12. The fourth-order valence-electron chi connectivity index (χ4n) is 1.62. The molecular weight excluding hydrogens is 290 g/mol. The fourth-order valence-corrected chi connectivity index (χ4v) is 1.74. The van der Waals surface area contributed by atoms with Crippen LogP contribution in [0.1, 0.15) is 13.3 Å². The van der Waals surface area contributed by atoms with Gasteiger partial charge in [-0.2, -0.15) is 0 Å². The van der Waals surface area contributed by atoms with Gasteiger partial charge in [-0.1, -0.05) is 11.6 Å². The van der Waals surface area contributed by atoms with Crippen molar-refractivity contribution < 1.29 is 9.47 Å². The molecule has 21 heavy (non-hydrogen) atoms. The van der Waals surface area contributed by atoms with Crippen LogP contribution in [0.3, 0.4) is 0 Å². The number of rotatable bonds is 9. The zero-order valence-corrected chi connectivity index (χ0v) is 13.4. The molecule has 0 aromatic heterocycles. The number of aliphatic imine (C=N–C) groups is 1. The first-order valence-electron chi connectivity index (χ1n) is 7.17. The van der Waals surface area contributed by atoms with Crippen LogP contribution < -0.4 is 15.4 Å². The standard InChI is InChI=1S/C15H24ClN3O2/c1-3-20-11-4-9-18-15(17-2)19-10-12-21-14-7-5-13(16)6-8-14/h5-8H,3-4,9-12H2,1-2H3,(H2,17,18,19). The van der Waals surface area contributed by atoms with Crippen molar-refractivity contribution in [3.8, 4) is 5.75 Å². The van der Waals surface area contributed by atoms with Gasteiger partial charge in [0.25, 0.3) is 0 Å². The summed E-state index contributed by atoms with van der Waals surface area (Å²) in [5, 5.41) is 7.11. The van der Waals surface area contributed by atoms with Gasteiger partial charge in [0.15, 0.2) is 5.96 Å². The van der Waals surface area contributed by atoms with Crippen LogP contribution in [0.25, 0.3) is 0 Å². The molecule has 5 nitrogen and oxygen atoms in total. The molecule has 0 aliphatic rings. The van der Waals surface area contributed by atoms with E-state index in [0.717, 1.165) is 37.9 Å². The van der Waals surface area contributed by atoms with Crippen LogP contribution in [0.15, 0.2) is 29.3 Å². The van der Waals surface area contributed by atoms with Crippen LogP contribution in [-0.2, 0) is 4.74 Å². The van der Waals surface area contributed by atoms with Crippen LogP contribution in [-0.4, -0.2) is 45.9 Å². The minimum absolute atomic E-state index is 0.557. The molecule has 0 aliphatic heterocycles. The molecular formula is C15H24ClN3O2. The predicted molar refractivity (Wildman–Crippen MR) is 87.4 cm³/mol. The van der Waals surface area contributed by atoms with E-state index in [1.165, 1.54) is 0 Å². The van der Waals surface area contributed by atoms with Gasteiger partial charge in [0.2, 0.25) is 0 Å². The smallest absolute Gasteiger partial charge is 0.191 e. The van der Waals surface area contributed by atoms with Crippen molar-refractivity contribution in [1.82, 2.24) is 10.6 Å². The van der Waals surface area contributed by atoms with Crippen molar-refractivity contribution in [2.45, 2.75) is 13.3 Å². The van der Waals surface area contributed by atoms with Gasteiger partial charge < -0.3 is 20.1 Å². The number of halogens is 1. The average Bonchev–Trinajstić information content (AvgIpc) is 2.51. The highest BCUT2D eigenvalue weighted by molar-refractivity contribution is 6.30. The summed E-state index contributed by atoms with van der Waals surface area (Å²) in [5.41, 5.74) is 0. The number of benzene rings is 1. The second-order valence-electron chi connectivity index (χ2n) is 4.28. The molecule has 0 bridgehead atoms. The maximum absolute atomic E-state index is 5.81. The molecule has 1 rings (SSSR count). The molecule has 0 radical (unpaired) electrons. The third kappa shape index (κ3) is 8.42. The van der Waals surface area contributed by atoms with Crippen molar-refractivity contribution in [2.75, 3.05) is 40.0 Å². The Morgan fingerprint density at radius 1 is 1.14 bits per heavy atom. The Morgan fingerprint density at radius 2 is 1.86 bits per heavy atom. The molecule has 1 aromatic rings. The first-order chi connectivity index (χ1) is 10.3. The second-order valence-corrected chi connectivity index (χ2v) is 4.72. The monoisotopic (exact) mass is 313 g/mol. The minimum Gasteiger partial charge on any atom is -0.492 e. The molecule has 0 aliphatic carbocycles. The Hall–Kier alpha value is -1.46. The van der Waals surface area contributed by atoms with Gasteiger partial charge in [-0.3, -0.25) is 4.99 Å². The molecule has 0 heterocycles. The van der Waals surface area contributed by atoms with Gasteiger partial charge in [0, 0.05) is 31.8 Å². The first-order valence-corrected chi connectivity index (χ1v) is 7.54. The van der Waals surface area contributed by atoms with Gasteiger partial charge in [0.05, 0.1) is 6.54 Å². The van der Waals surface area contributed by atoms with Crippen molar-refractivity contribution >= 4 is 17.6 Å². The largest absolute Gasteiger partial charge is 0.492 e. The van der Waals surface area contributed by atoms with E-state index in [1.54, 1.807) is 7.05 Å². The molecule has 6 heteroatoms. The quantitative estimate of drug-likeness (QED) is 0.417. The van der Waals surface area contributed by atoms with E-state index >= 15 is 0 Å². The lowest BCUT2D eigenvalue weighted by atomic mass is 10.3. The lowest BCUT2D eigenvalue weighted by Crippen LogP contribution is -2.39. The zero-order chi connectivity index (χ0) is 15.3. The van der Waals surface area contributed by atoms with Crippen LogP contribution in [0.4, 0.5) is 0 Å². The molecule has 0 saturated heterocycles. The molecule has 0 spiro atoms. The molecule has 0 saturated carbocycles. The van der Waals surface area contributed by atoms with E-state index < -0.39 is 0 Å². The third-order valence-electron chi connectivity index (χ3n) is 2.66. The van der Waals surface area contributed by atoms with E-state index in [9.17, 15) is 0 Å². The maximum Gasteiger partial charge on any atom is 0.191 e. The highest BCUT2D eigenvalue weighted by Crippen LogP contribution is 2.14.